The largest absolute Gasteiger partial charge is 0.290 e. The van der Waals surface area contributed by atoms with Gasteiger partial charge in [0.25, 0.3) is 5.56 Å². The maximum Gasteiger partial charge on any atom is 0.255 e. The molecule has 0 atom stereocenters. The second-order valence-electron chi connectivity index (χ2n) is 5.30. The highest BCUT2D eigenvalue weighted by atomic mass is 35.5. The fourth-order valence-corrected chi connectivity index (χ4v) is 2.85. The molecule has 3 rings (SSSR count). The van der Waals surface area contributed by atoms with E-state index in [4.69, 9.17) is 23.2 Å². The first kappa shape index (κ1) is 14.6. The molecule has 1 saturated carbocycles. The summed E-state index contributed by atoms with van der Waals surface area (Å²) in [5.41, 5.74) is 1.47. The zero-order valence-electron chi connectivity index (χ0n) is 11.9. The molecule has 2 aromatic heterocycles. The Labute approximate surface area is 132 Å². The van der Waals surface area contributed by atoms with Crippen LogP contribution < -0.4 is 5.56 Å². The molecule has 21 heavy (non-hydrogen) atoms. The van der Waals surface area contributed by atoms with E-state index in [9.17, 15) is 4.79 Å². The van der Waals surface area contributed by atoms with Crippen LogP contribution in [0.5, 0.6) is 0 Å². The third kappa shape index (κ3) is 2.72. The monoisotopic (exact) mass is 326 g/mol. The van der Waals surface area contributed by atoms with Crippen molar-refractivity contribution in [3.8, 4) is 0 Å². The maximum absolute atomic E-state index is 12.3. The van der Waals surface area contributed by atoms with Gasteiger partial charge in [-0.25, -0.2) is 4.98 Å². The van der Waals surface area contributed by atoms with E-state index in [0.717, 1.165) is 30.1 Å². The Morgan fingerprint density at radius 1 is 1.38 bits per heavy atom. The summed E-state index contributed by atoms with van der Waals surface area (Å²) < 4.78 is 3.49. The molecule has 112 valence electrons. The summed E-state index contributed by atoms with van der Waals surface area (Å²) >= 11 is 12.3. The van der Waals surface area contributed by atoms with Crippen LogP contribution in [-0.2, 0) is 13.1 Å². The van der Waals surface area contributed by atoms with Crippen LogP contribution in [0.2, 0.25) is 10.2 Å². The molecule has 2 aromatic rings. The highest BCUT2D eigenvalue weighted by Gasteiger charge is 2.29. The van der Waals surface area contributed by atoms with Crippen molar-refractivity contribution in [2.24, 2.45) is 0 Å². The average Bonchev–Trinajstić information content (AvgIpc) is 3.23. The predicted molar refractivity (Wildman–Crippen MR) is 82.2 cm³/mol. The number of hydrogen-bond donors (Lipinski definition) is 0. The predicted octanol–water partition coefficient (Wildman–Crippen LogP) is 3.00. The molecule has 5 nitrogen and oxygen atoms in total. The van der Waals surface area contributed by atoms with Crippen LogP contribution in [-0.4, -0.2) is 19.3 Å². The van der Waals surface area contributed by atoms with E-state index < -0.39 is 0 Å². The van der Waals surface area contributed by atoms with E-state index in [1.165, 1.54) is 6.07 Å². The summed E-state index contributed by atoms with van der Waals surface area (Å²) in [5, 5.41) is 5.25. The van der Waals surface area contributed by atoms with Gasteiger partial charge in [-0.15, -0.1) is 0 Å². The van der Waals surface area contributed by atoms with Crippen molar-refractivity contribution in [3.63, 3.8) is 0 Å². The van der Waals surface area contributed by atoms with Gasteiger partial charge in [-0.2, -0.15) is 5.10 Å². The lowest BCUT2D eigenvalue weighted by Gasteiger charge is -2.13. The molecule has 0 aliphatic heterocycles. The molecule has 0 saturated heterocycles. The van der Waals surface area contributed by atoms with Gasteiger partial charge in [0.2, 0.25) is 0 Å². The molecule has 1 aliphatic carbocycles. The van der Waals surface area contributed by atoms with Crippen molar-refractivity contribution < 1.29 is 0 Å². The fourth-order valence-electron chi connectivity index (χ4n) is 2.48. The first-order valence-corrected chi connectivity index (χ1v) is 7.76. The van der Waals surface area contributed by atoms with E-state index in [0.29, 0.717) is 24.0 Å². The lowest BCUT2D eigenvalue weighted by molar-refractivity contribution is 0.575. The summed E-state index contributed by atoms with van der Waals surface area (Å²) in [5.74, 6) is 1.08. The van der Waals surface area contributed by atoms with Crippen molar-refractivity contribution in [1.82, 2.24) is 19.3 Å². The van der Waals surface area contributed by atoms with E-state index >= 15 is 0 Å². The highest BCUT2D eigenvalue weighted by Crippen LogP contribution is 2.39. The Hall–Kier alpha value is -1.33. The van der Waals surface area contributed by atoms with Gasteiger partial charge >= 0.3 is 0 Å². The summed E-state index contributed by atoms with van der Waals surface area (Å²) in [7, 11) is 0. The van der Waals surface area contributed by atoms with Crippen molar-refractivity contribution in [2.75, 3.05) is 0 Å². The molecule has 7 heteroatoms. The van der Waals surface area contributed by atoms with Gasteiger partial charge in [0, 0.05) is 18.5 Å². The fraction of sp³-hybridized carbons (Fsp3) is 0.500. The molecule has 1 fully saturated rings. The Kier molecular flexibility index (Phi) is 3.80. The van der Waals surface area contributed by atoms with Gasteiger partial charge in [0.1, 0.15) is 11.0 Å². The van der Waals surface area contributed by atoms with Gasteiger partial charge in [-0.05, 0) is 26.7 Å². The highest BCUT2D eigenvalue weighted by molar-refractivity contribution is 6.31. The SMILES string of the molecule is CCn1nc(C)c(Cl)c1Cn1c(C2CC2)nc(Cl)cc1=O. The molecule has 2 heterocycles. The van der Waals surface area contributed by atoms with Crippen molar-refractivity contribution >= 4 is 23.2 Å². The molecule has 0 aromatic carbocycles. The first-order chi connectivity index (χ1) is 10.0. The lowest BCUT2D eigenvalue weighted by atomic mass is 10.3. The Balaban J connectivity index is 2.08. The van der Waals surface area contributed by atoms with Crippen LogP contribution in [0.15, 0.2) is 10.9 Å². The molecular formula is C14H16Cl2N4O. The van der Waals surface area contributed by atoms with Crippen LogP contribution >= 0.6 is 23.2 Å². The van der Waals surface area contributed by atoms with Crippen molar-refractivity contribution in [2.45, 2.75) is 45.7 Å². The minimum absolute atomic E-state index is 0.144. The standard InChI is InChI=1S/C14H16Cl2N4O/c1-3-20-10(13(16)8(2)18-20)7-19-12(21)6-11(15)17-14(19)9-4-5-9/h6,9H,3-5,7H2,1-2H3. The van der Waals surface area contributed by atoms with Crippen LogP contribution in [0.25, 0.3) is 0 Å². The van der Waals surface area contributed by atoms with Gasteiger partial charge in [-0.1, -0.05) is 23.2 Å². The zero-order valence-corrected chi connectivity index (χ0v) is 13.4. The van der Waals surface area contributed by atoms with E-state index in [1.807, 2.05) is 18.5 Å². The number of halogens is 2. The molecule has 0 bridgehead atoms. The topological polar surface area (TPSA) is 52.7 Å². The van der Waals surface area contributed by atoms with E-state index in [-0.39, 0.29) is 10.7 Å². The minimum Gasteiger partial charge on any atom is -0.290 e. The molecule has 0 N–H and O–H groups in total. The van der Waals surface area contributed by atoms with Gasteiger partial charge in [0.15, 0.2) is 0 Å². The van der Waals surface area contributed by atoms with Crippen LogP contribution in [0.4, 0.5) is 0 Å². The third-order valence-corrected chi connectivity index (χ3v) is 4.39. The van der Waals surface area contributed by atoms with Crippen molar-refractivity contribution in [3.05, 3.63) is 43.8 Å². The Bertz CT molecular complexity index is 746. The Morgan fingerprint density at radius 3 is 2.71 bits per heavy atom. The van der Waals surface area contributed by atoms with Crippen LogP contribution in [0, 0.1) is 6.92 Å². The quantitative estimate of drug-likeness (QED) is 0.811. The average molecular weight is 327 g/mol. The molecular weight excluding hydrogens is 311 g/mol. The Morgan fingerprint density at radius 2 is 2.10 bits per heavy atom. The summed E-state index contributed by atoms with van der Waals surface area (Å²) in [6, 6.07) is 1.35. The summed E-state index contributed by atoms with van der Waals surface area (Å²) in [6.07, 6.45) is 2.10. The number of aryl methyl sites for hydroxylation is 2. The number of hydrogen-bond acceptors (Lipinski definition) is 3. The lowest BCUT2D eigenvalue weighted by Crippen LogP contribution is -2.26. The number of rotatable bonds is 4. The van der Waals surface area contributed by atoms with Gasteiger partial charge in [-0.3, -0.25) is 14.0 Å². The van der Waals surface area contributed by atoms with Crippen molar-refractivity contribution in [1.29, 1.82) is 0 Å². The molecule has 0 unspecified atom stereocenters. The normalized spacial score (nSPS) is 14.7. The molecule has 0 amide bonds. The van der Waals surface area contributed by atoms with Crippen LogP contribution in [0.3, 0.4) is 0 Å². The summed E-state index contributed by atoms with van der Waals surface area (Å²) in [6.45, 7) is 4.94. The molecule has 0 spiro atoms. The van der Waals surface area contributed by atoms with Gasteiger partial charge in [0.05, 0.1) is 23.0 Å². The number of nitrogens with zero attached hydrogens (tertiary/aromatic N) is 4. The zero-order chi connectivity index (χ0) is 15.1. The maximum atomic E-state index is 12.3. The molecule has 0 radical (unpaired) electrons. The first-order valence-electron chi connectivity index (χ1n) is 7.00. The van der Waals surface area contributed by atoms with E-state index in [2.05, 4.69) is 10.1 Å². The minimum atomic E-state index is -0.144. The molecule has 1 aliphatic rings. The van der Waals surface area contributed by atoms with E-state index in [1.54, 1.807) is 4.57 Å². The van der Waals surface area contributed by atoms with Crippen LogP contribution in [0.1, 0.15) is 42.9 Å². The second-order valence-corrected chi connectivity index (χ2v) is 6.06. The number of aromatic nitrogens is 4. The third-order valence-electron chi connectivity index (χ3n) is 3.71. The smallest absolute Gasteiger partial charge is 0.255 e. The second kappa shape index (κ2) is 5.46. The van der Waals surface area contributed by atoms with Gasteiger partial charge < -0.3 is 0 Å². The summed E-state index contributed by atoms with van der Waals surface area (Å²) in [4.78, 5) is 16.6.